The summed E-state index contributed by atoms with van der Waals surface area (Å²) in [6, 6.07) is 10.0. The first-order valence-corrected chi connectivity index (χ1v) is 6.04. The van der Waals surface area contributed by atoms with Crippen LogP contribution in [0, 0.1) is 5.92 Å². The monoisotopic (exact) mass is 269 g/mol. The largest absolute Gasteiger partial charge is 1.00 e. The lowest BCUT2D eigenvalue weighted by Crippen LogP contribution is -3.06. The van der Waals surface area contributed by atoms with Crippen LogP contribution in [0.1, 0.15) is 12.0 Å². The average Bonchev–Trinajstić information content (AvgIpc) is 3.03. The molecule has 0 spiro atoms. The number of rotatable bonds is 4. The maximum Gasteiger partial charge on any atom is 0.316 e. The summed E-state index contributed by atoms with van der Waals surface area (Å²) in [6.45, 7) is 1.00. The van der Waals surface area contributed by atoms with Crippen LogP contribution in [0.2, 0.25) is 0 Å². The van der Waals surface area contributed by atoms with Gasteiger partial charge in [0.2, 0.25) is 0 Å². The number of halogens is 1. The number of nitrogens with one attached hydrogen (secondary N) is 1. The number of esters is 1. The molecule has 0 radical (unpaired) electrons. The van der Waals surface area contributed by atoms with E-state index in [1.807, 2.05) is 30.3 Å². The van der Waals surface area contributed by atoms with Gasteiger partial charge in [0.1, 0.15) is 5.41 Å². The smallest absolute Gasteiger partial charge is 0.316 e. The Morgan fingerprint density at radius 2 is 2.00 bits per heavy atom. The molecule has 18 heavy (non-hydrogen) atoms. The summed E-state index contributed by atoms with van der Waals surface area (Å²) in [6.07, 6.45) is 0.912. The zero-order valence-corrected chi connectivity index (χ0v) is 11.8. The Kier molecular flexibility index (Phi) is 4.77. The first kappa shape index (κ1) is 15.0. The molecule has 0 bridgehead atoms. The van der Waals surface area contributed by atoms with E-state index in [1.54, 1.807) is 0 Å². The van der Waals surface area contributed by atoms with Crippen LogP contribution in [0.15, 0.2) is 30.3 Å². The molecule has 0 saturated heterocycles. The highest BCUT2D eigenvalue weighted by Gasteiger charge is 2.63. The fourth-order valence-corrected chi connectivity index (χ4v) is 2.71. The Hall–Kier alpha value is -1.06. The second-order valence-corrected chi connectivity index (χ2v) is 5.14. The quantitative estimate of drug-likeness (QED) is 0.602. The number of quaternary nitrogens is 1. The van der Waals surface area contributed by atoms with Gasteiger partial charge in [-0.3, -0.25) is 4.79 Å². The van der Waals surface area contributed by atoms with E-state index in [4.69, 9.17) is 4.74 Å². The van der Waals surface area contributed by atoms with Crippen LogP contribution >= 0.6 is 0 Å². The molecule has 1 fully saturated rings. The van der Waals surface area contributed by atoms with Gasteiger partial charge in [-0.05, 0) is 12.0 Å². The summed E-state index contributed by atoms with van der Waals surface area (Å²) in [4.78, 5) is 13.4. The van der Waals surface area contributed by atoms with Gasteiger partial charge >= 0.3 is 5.97 Å². The lowest BCUT2D eigenvalue weighted by molar-refractivity contribution is -0.860. The molecular formula is C14H20ClNO2. The minimum atomic E-state index is -0.382. The second kappa shape index (κ2) is 5.72. The molecule has 3 nitrogen and oxygen atoms in total. The van der Waals surface area contributed by atoms with Gasteiger partial charge in [0.15, 0.2) is 0 Å². The van der Waals surface area contributed by atoms with Crippen molar-refractivity contribution < 1.29 is 26.8 Å². The van der Waals surface area contributed by atoms with Gasteiger partial charge in [0.05, 0.1) is 27.7 Å². The van der Waals surface area contributed by atoms with Crippen LogP contribution in [0.5, 0.6) is 0 Å². The van der Waals surface area contributed by atoms with Gasteiger partial charge in [-0.25, -0.2) is 0 Å². The zero-order valence-electron chi connectivity index (χ0n) is 11.1. The SMILES string of the molecule is COC(=O)[C@]1(c2ccccc2)C[C@@H]1C[NH+](C)C.[Cl-]. The van der Waals surface area contributed by atoms with Crippen LogP contribution in [-0.2, 0) is 14.9 Å². The van der Waals surface area contributed by atoms with Crippen molar-refractivity contribution in [2.24, 2.45) is 5.92 Å². The van der Waals surface area contributed by atoms with E-state index < -0.39 is 0 Å². The van der Waals surface area contributed by atoms with E-state index in [-0.39, 0.29) is 23.8 Å². The minimum absolute atomic E-state index is 0. The molecule has 0 aliphatic heterocycles. The van der Waals surface area contributed by atoms with Crippen molar-refractivity contribution in [2.45, 2.75) is 11.8 Å². The number of methoxy groups -OCH3 is 1. The Balaban J connectivity index is 0.00000162. The Morgan fingerprint density at radius 1 is 1.39 bits per heavy atom. The van der Waals surface area contributed by atoms with E-state index in [9.17, 15) is 4.79 Å². The molecule has 4 heteroatoms. The Bertz CT molecular complexity index is 408. The molecule has 0 heterocycles. The summed E-state index contributed by atoms with van der Waals surface area (Å²) in [5.41, 5.74) is 0.714. The summed E-state index contributed by atoms with van der Waals surface area (Å²) in [5, 5.41) is 0. The molecule has 1 aliphatic carbocycles. The van der Waals surface area contributed by atoms with E-state index in [0.29, 0.717) is 5.92 Å². The number of ether oxygens (including phenoxy) is 1. The van der Waals surface area contributed by atoms with E-state index >= 15 is 0 Å². The molecule has 1 aliphatic rings. The lowest BCUT2D eigenvalue weighted by Gasteiger charge is -2.16. The highest BCUT2D eigenvalue weighted by atomic mass is 35.5. The van der Waals surface area contributed by atoms with Gasteiger partial charge in [-0.1, -0.05) is 30.3 Å². The number of carbonyl (C=O) groups is 1. The Morgan fingerprint density at radius 3 is 2.50 bits per heavy atom. The average molecular weight is 270 g/mol. The van der Waals surface area contributed by atoms with Crippen molar-refractivity contribution in [2.75, 3.05) is 27.7 Å². The van der Waals surface area contributed by atoms with Crippen molar-refractivity contribution in [3.05, 3.63) is 35.9 Å². The van der Waals surface area contributed by atoms with E-state index in [2.05, 4.69) is 14.1 Å². The first-order chi connectivity index (χ1) is 8.11. The van der Waals surface area contributed by atoms with Crippen molar-refractivity contribution >= 4 is 5.97 Å². The standard InChI is InChI=1S/C14H19NO2.ClH/c1-15(2)10-12-9-14(12,13(16)17-3)11-7-5-4-6-8-11;/h4-8,12H,9-10H2,1-3H3;1H/t12-,14+;/m1./s1. The third kappa shape index (κ3) is 2.52. The number of hydrogen-bond donors (Lipinski definition) is 1. The first-order valence-electron chi connectivity index (χ1n) is 6.04. The van der Waals surface area contributed by atoms with Crippen molar-refractivity contribution in [3.8, 4) is 0 Å². The molecule has 1 aromatic carbocycles. The van der Waals surface area contributed by atoms with Crippen molar-refractivity contribution in [3.63, 3.8) is 0 Å². The van der Waals surface area contributed by atoms with Gasteiger partial charge in [-0.15, -0.1) is 0 Å². The molecule has 100 valence electrons. The normalized spacial score (nSPS) is 25.4. The van der Waals surface area contributed by atoms with Crippen LogP contribution < -0.4 is 17.3 Å². The molecule has 2 atom stereocenters. The highest BCUT2D eigenvalue weighted by Crippen LogP contribution is 2.54. The molecular weight excluding hydrogens is 250 g/mol. The van der Waals surface area contributed by atoms with E-state index in [1.165, 1.54) is 12.0 Å². The van der Waals surface area contributed by atoms with Crippen LogP contribution in [0.3, 0.4) is 0 Å². The fraction of sp³-hybridized carbons (Fsp3) is 0.500. The van der Waals surface area contributed by atoms with Crippen molar-refractivity contribution in [1.82, 2.24) is 0 Å². The predicted octanol–water partition coefficient (Wildman–Crippen LogP) is -2.73. The molecule has 1 N–H and O–H groups in total. The summed E-state index contributed by atoms with van der Waals surface area (Å²) in [5.74, 6) is 0.317. The van der Waals surface area contributed by atoms with Crippen LogP contribution in [-0.4, -0.2) is 33.7 Å². The van der Waals surface area contributed by atoms with Gasteiger partial charge < -0.3 is 22.0 Å². The van der Waals surface area contributed by atoms with Gasteiger partial charge in [-0.2, -0.15) is 0 Å². The zero-order chi connectivity index (χ0) is 12.5. The number of carbonyl (C=O) groups excluding carboxylic acids is 1. The van der Waals surface area contributed by atoms with Crippen LogP contribution in [0.4, 0.5) is 0 Å². The fourth-order valence-electron chi connectivity index (χ4n) is 2.71. The van der Waals surface area contributed by atoms with Gasteiger partial charge in [0, 0.05) is 5.92 Å². The molecule has 2 rings (SSSR count). The maximum atomic E-state index is 12.1. The molecule has 0 amide bonds. The van der Waals surface area contributed by atoms with Crippen molar-refractivity contribution in [1.29, 1.82) is 0 Å². The van der Waals surface area contributed by atoms with E-state index in [0.717, 1.165) is 18.5 Å². The molecule has 1 aromatic rings. The topological polar surface area (TPSA) is 30.7 Å². The summed E-state index contributed by atoms with van der Waals surface area (Å²) >= 11 is 0. The maximum absolute atomic E-state index is 12.1. The predicted molar refractivity (Wildman–Crippen MR) is 65.9 cm³/mol. The molecule has 0 unspecified atom stereocenters. The minimum Gasteiger partial charge on any atom is -1.00 e. The highest BCUT2D eigenvalue weighted by molar-refractivity contribution is 5.87. The third-order valence-electron chi connectivity index (χ3n) is 3.60. The molecule has 0 aromatic heterocycles. The summed E-state index contributed by atoms with van der Waals surface area (Å²) < 4.78 is 5.00. The third-order valence-corrected chi connectivity index (χ3v) is 3.60. The molecule has 1 saturated carbocycles. The lowest BCUT2D eigenvalue weighted by atomic mass is 9.93. The summed E-state index contributed by atoms with van der Waals surface area (Å²) in [7, 11) is 5.71. The Labute approximate surface area is 115 Å². The number of benzene rings is 1. The van der Waals surface area contributed by atoms with Gasteiger partial charge in [0.25, 0.3) is 0 Å². The van der Waals surface area contributed by atoms with Crippen LogP contribution in [0.25, 0.3) is 0 Å². The second-order valence-electron chi connectivity index (χ2n) is 5.14. The number of hydrogen-bond acceptors (Lipinski definition) is 2.